The maximum absolute atomic E-state index is 12.3. The lowest BCUT2D eigenvalue weighted by Gasteiger charge is -2.18. The van der Waals surface area contributed by atoms with Crippen LogP contribution in [-0.2, 0) is 29.2 Å². The Bertz CT molecular complexity index is 574. The van der Waals surface area contributed by atoms with Gasteiger partial charge in [-0.2, -0.15) is 8.42 Å². The van der Waals surface area contributed by atoms with Crippen molar-refractivity contribution in [3.8, 4) is 0 Å². The Morgan fingerprint density at radius 2 is 1.20 bits per heavy atom. The molecule has 0 fully saturated rings. The molecule has 8 heteroatoms. The minimum Gasteiger partial charge on any atom is -0.463 e. The summed E-state index contributed by atoms with van der Waals surface area (Å²) in [5.41, 5.74) is 0. The highest BCUT2D eigenvalue weighted by Crippen LogP contribution is 2.15. The first-order valence-corrected chi connectivity index (χ1v) is 13.0. The average Bonchev–Trinajstić information content (AvgIpc) is 2.64. The molecule has 0 aromatic rings. The van der Waals surface area contributed by atoms with E-state index in [1.807, 2.05) is 0 Å². The van der Waals surface area contributed by atoms with Crippen molar-refractivity contribution in [3.05, 3.63) is 0 Å². The van der Waals surface area contributed by atoms with Crippen LogP contribution in [0.5, 0.6) is 0 Å². The van der Waals surface area contributed by atoms with Gasteiger partial charge in [0.15, 0.2) is 5.25 Å². The van der Waals surface area contributed by atoms with E-state index >= 15 is 0 Å². The van der Waals surface area contributed by atoms with Crippen LogP contribution < -0.4 is 0 Å². The third-order valence-electron chi connectivity index (χ3n) is 5.05. The van der Waals surface area contributed by atoms with E-state index in [9.17, 15) is 22.6 Å². The molecule has 0 aliphatic carbocycles. The minimum absolute atomic E-state index is 0.376. The molecule has 3 unspecified atom stereocenters. The van der Waals surface area contributed by atoms with E-state index in [4.69, 9.17) is 9.47 Å². The molecule has 0 aliphatic heterocycles. The maximum atomic E-state index is 12.3. The van der Waals surface area contributed by atoms with Gasteiger partial charge in [0.1, 0.15) is 0 Å². The second-order valence-corrected chi connectivity index (χ2v) is 9.76. The fraction of sp³-hybridized carbons (Fsp3) is 0.909. The van der Waals surface area contributed by atoms with Crippen LogP contribution >= 0.6 is 0 Å². The van der Waals surface area contributed by atoms with Crippen LogP contribution in [0.15, 0.2) is 0 Å². The van der Waals surface area contributed by atoms with E-state index in [2.05, 4.69) is 13.8 Å². The molecule has 0 bridgehead atoms. The van der Waals surface area contributed by atoms with E-state index in [0.29, 0.717) is 12.8 Å². The van der Waals surface area contributed by atoms with Crippen molar-refractivity contribution >= 4 is 22.1 Å². The van der Waals surface area contributed by atoms with Crippen LogP contribution in [0.4, 0.5) is 0 Å². The van der Waals surface area contributed by atoms with Crippen molar-refractivity contribution in [1.29, 1.82) is 0 Å². The molecule has 0 aliphatic rings. The summed E-state index contributed by atoms with van der Waals surface area (Å²) in [5, 5.41) is -1.95. The number of esters is 2. The number of ether oxygens (including phenoxy) is 2. The molecule has 7 nitrogen and oxygen atoms in total. The first-order valence-electron chi connectivity index (χ1n) is 11.5. The summed E-state index contributed by atoms with van der Waals surface area (Å²) in [6, 6.07) is 0. The van der Waals surface area contributed by atoms with E-state index in [0.717, 1.165) is 57.8 Å². The maximum Gasteiger partial charge on any atom is 0.327 e. The summed E-state index contributed by atoms with van der Waals surface area (Å²) in [4.78, 5) is 24.4. The summed E-state index contributed by atoms with van der Waals surface area (Å²) in [6.45, 7) is 7.67. The van der Waals surface area contributed by atoms with Gasteiger partial charge >= 0.3 is 11.9 Å². The fourth-order valence-corrected chi connectivity index (χ4v) is 3.84. The number of rotatable bonds is 18. The molecule has 3 atom stereocenters. The molecule has 0 rings (SSSR count). The van der Waals surface area contributed by atoms with Crippen molar-refractivity contribution in [2.75, 3.05) is 0 Å². The summed E-state index contributed by atoms with van der Waals surface area (Å²) in [6.07, 6.45) is 10.3. The van der Waals surface area contributed by atoms with Crippen molar-refractivity contribution in [3.63, 3.8) is 0 Å². The van der Waals surface area contributed by atoms with Gasteiger partial charge in [-0.3, -0.25) is 14.1 Å². The summed E-state index contributed by atoms with van der Waals surface area (Å²) in [5.74, 6) is -1.94. The van der Waals surface area contributed by atoms with Crippen LogP contribution in [0.25, 0.3) is 0 Å². The van der Waals surface area contributed by atoms with Crippen LogP contribution in [0.1, 0.15) is 111 Å². The number of carbonyl (C=O) groups excluding carboxylic acids is 2. The fourth-order valence-electron chi connectivity index (χ4n) is 3.20. The van der Waals surface area contributed by atoms with Gasteiger partial charge in [0.25, 0.3) is 10.1 Å². The Hall–Kier alpha value is -1.15. The number of hydrogen-bond donors (Lipinski definition) is 1. The van der Waals surface area contributed by atoms with Gasteiger partial charge in [-0.05, 0) is 39.5 Å². The monoisotopic (exact) mass is 450 g/mol. The third-order valence-corrected chi connectivity index (χ3v) is 6.13. The van der Waals surface area contributed by atoms with E-state index in [1.54, 1.807) is 13.8 Å². The Morgan fingerprint density at radius 1 is 0.767 bits per heavy atom. The molecular formula is C22H42O7S. The molecule has 0 saturated carbocycles. The largest absolute Gasteiger partial charge is 0.463 e. The van der Waals surface area contributed by atoms with Crippen LogP contribution in [0.3, 0.4) is 0 Å². The van der Waals surface area contributed by atoms with E-state index < -0.39 is 39.8 Å². The molecule has 0 radical (unpaired) electrons. The zero-order valence-corrected chi connectivity index (χ0v) is 20.0. The Labute approximate surface area is 183 Å². The van der Waals surface area contributed by atoms with Crippen molar-refractivity contribution in [2.24, 2.45) is 0 Å². The SMILES string of the molecule is CCCCCCCC(C)OC(=O)CC(C(=O)OC(C)CCCCCCC)S(=O)(=O)O. The molecule has 1 N–H and O–H groups in total. The molecular weight excluding hydrogens is 408 g/mol. The van der Waals surface area contributed by atoms with Crippen molar-refractivity contribution < 1.29 is 32.0 Å². The van der Waals surface area contributed by atoms with Gasteiger partial charge in [-0.15, -0.1) is 0 Å². The third kappa shape index (κ3) is 14.8. The standard InChI is InChI=1S/C22H42O7S/c1-5-7-9-11-13-15-18(3)28-21(23)17-20(30(25,26)27)22(24)29-19(4)16-14-12-10-8-6-2/h18-20H,5-17H2,1-4H3,(H,25,26,27). The Balaban J connectivity index is 4.49. The normalized spacial score (nSPS) is 14.7. The number of hydrogen-bond acceptors (Lipinski definition) is 6. The van der Waals surface area contributed by atoms with Crippen molar-refractivity contribution in [1.82, 2.24) is 0 Å². The highest BCUT2D eigenvalue weighted by Gasteiger charge is 2.36. The van der Waals surface area contributed by atoms with Gasteiger partial charge in [0.2, 0.25) is 0 Å². The molecule has 0 aromatic carbocycles. The predicted octanol–water partition coefficient (Wildman–Crippen LogP) is 5.22. The molecule has 178 valence electrons. The quantitative estimate of drug-likeness (QED) is 0.173. The summed E-state index contributed by atoms with van der Waals surface area (Å²) >= 11 is 0. The number of unbranched alkanes of at least 4 members (excludes halogenated alkanes) is 8. The lowest BCUT2D eigenvalue weighted by molar-refractivity contribution is -0.155. The van der Waals surface area contributed by atoms with Crippen LogP contribution in [-0.4, -0.2) is 42.4 Å². The highest BCUT2D eigenvalue weighted by atomic mass is 32.2. The molecule has 0 spiro atoms. The second-order valence-electron chi connectivity index (χ2n) is 8.16. The van der Waals surface area contributed by atoms with E-state index in [-0.39, 0.29) is 6.10 Å². The first kappa shape index (κ1) is 28.9. The summed E-state index contributed by atoms with van der Waals surface area (Å²) < 4.78 is 43.0. The lowest BCUT2D eigenvalue weighted by atomic mass is 10.1. The van der Waals surface area contributed by atoms with E-state index in [1.165, 1.54) is 6.42 Å². The molecule has 0 heterocycles. The molecule has 0 saturated heterocycles. The second kappa shape index (κ2) is 16.5. The minimum atomic E-state index is -4.78. The first-order chi connectivity index (χ1) is 14.1. The molecule has 0 amide bonds. The predicted molar refractivity (Wildman–Crippen MR) is 118 cm³/mol. The Kier molecular flexibility index (Phi) is 15.9. The van der Waals surface area contributed by atoms with Crippen LogP contribution in [0, 0.1) is 0 Å². The molecule has 0 aromatic heterocycles. The average molecular weight is 451 g/mol. The zero-order valence-electron chi connectivity index (χ0n) is 19.2. The topological polar surface area (TPSA) is 107 Å². The highest BCUT2D eigenvalue weighted by molar-refractivity contribution is 7.87. The van der Waals surface area contributed by atoms with Gasteiger partial charge in [-0.25, -0.2) is 0 Å². The molecule has 30 heavy (non-hydrogen) atoms. The Morgan fingerprint density at radius 3 is 1.63 bits per heavy atom. The van der Waals surface area contributed by atoms with Crippen molar-refractivity contribution in [2.45, 2.75) is 129 Å². The van der Waals surface area contributed by atoms with Gasteiger partial charge in [0.05, 0.1) is 18.6 Å². The van der Waals surface area contributed by atoms with Crippen LogP contribution in [0.2, 0.25) is 0 Å². The van der Waals surface area contributed by atoms with Gasteiger partial charge in [0, 0.05) is 0 Å². The summed E-state index contributed by atoms with van der Waals surface area (Å²) in [7, 11) is -4.78. The van der Waals surface area contributed by atoms with Gasteiger partial charge < -0.3 is 9.47 Å². The number of carbonyl (C=O) groups is 2. The lowest BCUT2D eigenvalue weighted by Crippen LogP contribution is -2.36. The zero-order chi connectivity index (χ0) is 23.0. The smallest absolute Gasteiger partial charge is 0.327 e. The van der Waals surface area contributed by atoms with Gasteiger partial charge in [-0.1, -0.05) is 65.2 Å².